The van der Waals surface area contributed by atoms with Crippen LogP contribution in [0.5, 0.6) is 0 Å². The van der Waals surface area contributed by atoms with Crippen molar-refractivity contribution in [2.45, 2.75) is 6.18 Å². The zero-order chi connectivity index (χ0) is 13.1. The molecule has 92 valence electrons. The summed E-state index contributed by atoms with van der Waals surface area (Å²) >= 11 is 5.58. The highest BCUT2D eigenvalue weighted by molar-refractivity contribution is 6.33. The van der Waals surface area contributed by atoms with Crippen molar-refractivity contribution in [1.82, 2.24) is 5.43 Å². The minimum atomic E-state index is -4.52. The third-order valence-electron chi connectivity index (χ3n) is 1.72. The highest BCUT2D eigenvalue weighted by Crippen LogP contribution is 2.35. The highest BCUT2D eigenvalue weighted by Gasteiger charge is 2.33. The Labute approximate surface area is 99.8 Å². The molecule has 0 aliphatic rings. The number of halogens is 4. The summed E-state index contributed by atoms with van der Waals surface area (Å²) in [5.74, 6) is -0.427. The molecule has 0 saturated heterocycles. The molecule has 0 atom stereocenters. The molecule has 0 spiro atoms. The van der Waals surface area contributed by atoms with E-state index in [0.29, 0.717) is 0 Å². The lowest BCUT2D eigenvalue weighted by atomic mass is 10.1. The maximum Gasteiger partial charge on any atom is 0.417 e. The topological polar surface area (TPSA) is 74.3 Å². The second-order valence-corrected chi connectivity index (χ2v) is 3.37. The van der Waals surface area contributed by atoms with Crippen molar-refractivity contribution in [3.63, 3.8) is 0 Å². The Morgan fingerprint density at radius 2 is 2.12 bits per heavy atom. The summed E-state index contributed by atoms with van der Waals surface area (Å²) in [4.78, 5) is 0. The second kappa shape index (κ2) is 5.05. The van der Waals surface area contributed by atoms with Crippen LogP contribution < -0.4 is 11.2 Å². The van der Waals surface area contributed by atoms with E-state index in [9.17, 15) is 13.2 Å². The first-order chi connectivity index (χ1) is 7.82. The molecule has 0 aliphatic carbocycles. The van der Waals surface area contributed by atoms with E-state index in [4.69, 9.17) is 22.7 Å². The van der Waals surface area contributed by atoms with Gasteiger partial charge in [0.15, 0.2) is 0 Å². The number of benzene rings is 1. The van der Waals surface area contributed by atoms with Crippen molar-refractivity contribution in [2.24, 2.45) is 10.8 Å². The quantitative estimate of drug-likeness (QED) is 0.435. The zero-order valence-electron chi connectivity index (χ0n) is 8.35. The maximum atomic E-state index is 12.5. The first-order valence-corrected chi connectivity index (χ1v) is 4.69. The highest BCUT2D eigenvalue weighted by atomic mass is 35.5. The molecule has 8 heteroatoms. The fraction of sp³-hybridized carbons (Fsp3) is 0.111. The van der Waals surface area contributed by atoms with Gasteiger partial charge in [0.1, 0.15) is 0 Å². The SMILES string of the molecule is N=C(N)NN=Cc1cccc(C(F)(F)F)c1Cl. The summed E-state index contributed by atoms with van der Waals surface area (Å²) in [7, 11) is 0. The number of nitrogens with zero attached hydrogens (tertiary/aromatic N) is 1. The van der Waals surface area contributed by atoms with Crippen LogP contribution in [0.4, 0.5) is 13.2 Å². The van der Waals surface area contributed by atoms with Crippen molar-refractivity contribution in [3.05, 3.63) is 34.3 Å². The Morgan fingerprint density at radius 1 is 1.47 bits per heavy atom. The molecular weight excluding hydrogens is 257 g/mol. The first-order valence-electron chi connectivity index (χ1n) is 4.31. The Bertz CT molecular complexity index is 456. The molecule has 0 unspecified atom stereocenters. The fourth-order valence-electron chi connectivity index (χ4n) is 1.04. The van der Waals surface area contributed by atoms with E-state index in [0.717, 1.165) is 12.3 Å². The van der Waals surface area contributed by atoms with Gasteiger partial charge >= 0.3 is 6.18 Å². The molecule has 0 heterocycles. The van der Waals surface area contributed by atoms with Gasteiger partial charge in [0.2, 0.25) is 5.96 Å². The van der Waals surface area contributed by atoms with Crippen LogP contribution in [0.15, 0.2) is 23.3 Å². The fourth-order valence-corrected chi connectivity index (χ4v) is 1.32. The standard InChI is InChI=1S/C9H8ClF3N4/c10-7-5(4-16-17-8(14)15)2-1-3-6(7)9(11,12)13/h1-4H,(H4,14,15,17). The molecule has 0 radical (unpaired) electrons. The van der Waals surface area contributed by atoms with Crippen LogP contribution in [-0.2, 0) is 6.18 Å². The molecule has 0 bridgehead atoms. The Morgan fingerprint density at radius 3 is 2.65 bits per heavy atom. The van der Waals surface area contributed by atoms with Gasteiger partial charge in [0.05, 0.1) is 16.8 Å². The predicted molar refractivity (Wildman–Crippen MR) is 59.1 cm³/mol. The van der Waals surface area contributed by atoms with Crippen molar-refractivity contribution < 1.29 is 13.2 Å². The molecule has 1 rings (SSSR count). The zero-order valence-corrected chi connectivity index (χ0v) is 9.10. The number of hydrogen-bond acceptors (Lipinski definition) is 2. The molecule has 0 amide bonds. The van der Waals surface area contributed by atoms with Crippen LogP contribution in [0.1, 0.15) is 11.1 Å². The van der Waals surface area contributed by atoms with Crippen LogP contribution >= 0.6 is 11.6 Å². The van der Waals surface area contributed by atoms with Crippen molar-refractivity contribution in [2.75, 3.05) is 0 Å². The van der Waals surface area contributed by atoms with Crippen LogP contribution in [0, 0.1) is 5.41 Å². The van der Waals surface area contributed by atoms with Gasteiger partial charge in [-0.25, -0.2) is 5.43 Å². The maximum absolute atomic E-state index is 12.5. The summed E-state index contributed by atoms with van der Waals surface area (Å²) < 4.78 is 37.4. The number of rotatable bonds is 2. The van der Waals surface area contributed by atoms with Crippen molar-refractivity contribution in [1.29, 1.82) is 5.41 Å². The Kier molecular flexibility index (Phi) is 3.95. The van der Waals surface area contributed by atoms with E-state index in [1.54, 1.807) is 0 Å². The summed E-state index contributed by atoms with van der Waals surface area (Å²) in [5.41, 5.74) is 6.15. The van der Waals surface area contributed by atoms with Gasteiger partial charge in [-0.1, -0.05) is 23.7 Å². The van der Waals surface area contributed by atoms with E-state index in [2.05, 4.69) is 10.5 Å². The van der Waals surface area contributed by atoms with E-state index >= 15 is 0 Å². The van der Waals surface area contributed by atoms with Gasteiger partial charge in [0.25, 0.3) is 0 Å². The molecule has 0 aliphatic heterocycles. The third-order valence-corrected chi connectivity index (χ3v) is 2.14. The van der Waals surface area contributed by atoms with Gasteiger partial charge in [-0.2, -0.15) is 18.3 Å². The van der Waals surface area contributed by atoms with Gasteiger partial charge in [-0.3, -0.25) is 5.41 Å². The van der Waals surface area contributed by atoms with Gasteiger partial charge < -0.3 is 5.73 Å². The van der Waals surface area contributed by atoms with E-state index in [1.165, 1.54) is 12.1 Å². The average Bonchev–Trinajstić information content (AvgIpc) is 2.18. The molecule has 1 aromatic carbocycles. The third kappa shape index (κ3) is 3.63. The molecule has 1 aromatic rings. The van der Waals surface area contributed by atoms with Gasteiger partial charge in [-0.05, 0) is 6.07 Å². The lowest BCUT2D eigenvalue weighted by Gasteiger charge is -2.09. The molecular formula is C9H8ClF3N4. The van der Waals surface area contributed by atoms with E-state index < -0.39 is 22.7 Å². The van der Waals surface area contributed by atoms with E-state index in [1.807, 2.05) is 0 Å². The van der Waals surface area contributed by atoms with Crippen LogP contribution in [0.3, 0.4) is 0 Å². The number of nitrogens with two attached hydrogens (primary N) is 1. The lowest BCUT2D eigenvalue weighted by molar-refractivity contribution is -0.137. The Hall–Kier alpha value is -1.76. The minimum absolute atomic E-state index is 0.0789. The molecule has 4 nitrogen and oxygen atoms in total. The lowest BCUT2D eigenvalue weighted by Crippen LogP contribution is -2.25. The van der Waals surface area contributed by atoms with E-state index in [-0.39, 0.29) is 5.56 Å². The monoisotopic (exact) mass is 264 g/mol. The summed E-state index contributed by atoms with van der Waals surface area (Å²) in [6.07, 6.45) is -3.46. The smallest absolute Gasteiger partial charge is 0.369 e. The molecule has 0 aromatic heterocycles. The van der Waals surface area contributed by atoms with Crippen LogP contribution in [0.2, 0.25) is 5.02 Å². The van der Waals surface area contributed by atoms with Crippen LogP contribution in [0.25, 0.3) is 0 Å². The van der Waals surface area contributed by atoms with Gasteiger partial charge in [-0.15, -0.1) is 0 Å². The van der Waals surface area contributed by atoms with Crippen molar-refractivity contribution in [3.8, 4) is 0 Å². The first kappa shape index (κ1) is 13.3. The summed E-state index contributed by atoms with van der Waals surface area (Å²) in [6, 6.07) is 3.45. The summed E-state index contributed by atoms with van der Waals surface area (Å²) in [6.45, 7) is 0. The number of hydrazone groups is 1. The predicted octanol–water partition coefficient (Wildman–Crippen LogP) is 2.18. The molecule has 17 heavy (non-hydrogen) atoms. The number of alkyl halides is 3. The largest absolute Gasteiger partial charge is 0.417 e. The number of guanidine groups is 1. The Balaban J connectivity index is 3.03. The van der Waals surface area contributed by atoms with Gasteiger partial charge in [0, 0.05) is 5.56 Å². The number of nitrogens with one attached hydrogen (secondary N) is 2. The summed E-state index contributed by atoms with van der Waals surface area (Å²) in [5, 5.41) is 9.79. The normalized spacial score (nSPS) is 11.8. The number of hydrogen-bond donors (Lipinski definition) is 3. The average molecular weight is 265 g/mol. The molecule has 4 N–H and O–H groups in total. The van der Waals surface area contributed by atoms with Crippen molar-refractivity contribution >= 4 is 23.8 Å². The minimum Gasteiger partial charge on any atom is -0.369 e. The van der Waals surface area contributed by atoms with Crippen LogP contribution in [-0.4, -0.2) is 12.2 Å². The second-order valence-electron chi connectivity index (χ2n) is 2.99. The molecule has 0 saturated carbocycles. The molecule has 0 fully saturated rings.